The number of phosphoric acid groups is 1. The lowest BCUT2D eigenvalue weighted by molar-refractivity contribution is -0.870. The minimum Gasteiger partial charge on any atom is -0.387 e. The molecule has 0 aliphatic heterocycles. The van der Waals surface area contributed by atoms with Crippen molar-refractivity contribution < 1.29 is 32.9 Å². The lowest BCUT2D eigenvalue weighted by Gasteiger charge is -2.25. The van der Waals surface area contributed by atoms with Gasteiger partial charge in [0.05, 0.1) is 39.9 Å². The number of likely N-dealkylation sites (N-methyl/N-ethyl adjacent to an activating group) is 1. The van der Waals surface area contributed by atoms with Crippen LogP contribution in [0.25, 0.3) is 0 Å². The lowest BCUT2D eigenvalue weighted by atomic mass is 10.0. The summed E-state index contributed by atoms with van der Waals surface area (Å²) in [7, 11) is 1.59. The Balaban J connectivity index is 4.02. The Labute approximate surface area is 512 Å². The Bertz CT molecular complexity index is 1430. The van der Waals surface area contributed by atoms with Gasteiger partial charge in [0.2, 0.25) is 5.91 Å². The highest BCUT2D eigenvalue weighted by molar-refractivity contribution is 7.47. The third-order valence-corrected chi connectivity index (χ3v) is 17.8. The zero-order valence-corrected chi connectivity index (χ0v) is 56.7. The minimum atomic E-state index is -4.35. The first-order valence-electron chi connectivity index (χ1n) is 36.4. The van der Waals surface area contributed by atoms with Crippen LogP contribution in [0.4, 0.5) is 0 Å². The molecule has 0 aliphatic rings. The zero-order chi connectivity index (χ0) is 59.8. The Morgan fingerprint density at radius 2 is 0.695 bits per heavy atom. The van der Waals surface area contributed by atoms with Crippen molar-refractivity contribution in [2.24, 2.45) is 0 Å². The summed E-state index contributed by atoms with van der Waals surface area (Å²) in [6.45, 7) is 4.87. The summed E-state index contributed by atoms with van der Waals surface area (Å²) in [5.41, 5.74) is 0. The molecule has 0 saturated carbocycles. The fourth-order valence-electron chi connectivity index (χ4n) is 11.2. The average Bonchev–Trinajstić information content (AvgIpc) is 3.47. The third-order valence-electron chi connectivity index (χ3n) is 16.9. The molecule has 3 atom stereocenters. The van der Waals surface area contributed by atoms with Crippen molar-refractivity contribution in [3.63, 3.8) is 0 Å². The summed E-state index contributed by atoms with van der Waals surface area (Å²) in [6.07, 6.45) is 85.9. The maximum atomic E-state index is 13.1. The predicted octanol–water partition coefficient (Wildman–Crippen LogP) is 23.2. The van der Waals surface area contributed by atoms with Crippen LogP contribution in [0.3, 0.4) is 0 Å². The molecule has 0 heterocycles. The molecule has 0 aromatic rings. The number of hydrogen-bond acceptors (Lipinski definition) is 5. The standard InChI is InChI=1S/C73H143N2O6P/c1-6-8-10-12-14-16-18-20-22-24-26-28-30-32-34-36-37-39-41-43-45-47-49-51-53-55-57-59-61-63-65-67-73(77)74-71(70-81-82(78,79)80-69-68-75(3,4)5)72(76)66-64-62-60-58-56-54-52-50-48-46-44-42-40-38-35-33-31-29-27-25-23-21-19-17-15-13-11-9-7-2/h18,20,24,26,64,66,71-72,76H,6-17,19,21-23,25,27-63,65,67-70H2,1-5H3,(H-,74,77,78,79)/p+1/b20-18-,26-24-,66-64+. The van der Waals surface area contributed by atoms with Gasteiger partial charge in [0, 0.05) is 6.42 Å². The molecule has 0 saturated heterocycles. The summed E-state index contributed by atoms with van der Waals surface area (Å²) < 4.78 is 23.8. The van der Waals surface area contributed by atoms with Gasteiger partial charge in [-0.25, -0.2) is 4.57 Å². The van der Waals surface area contributed by atoms with Gasteiger partial charge in [-0.1, -0.05) is 352 Å². The number of phosphoric ester groups is 1. The van der Waals surface area contributed by atoms with E-state index in [1.807, 2.05) is 27.2 Å². The van der Waals surface area contributed by atoms with Crippen LogP contribution in [0.5, 0.6) is 0 Å². The largest absolute Gasteiger partial charge is 0.472 e. The van der Waals surface area contributed by atoms with Gasteiger partial charge in [-0.05, 0) is 51.4 Å². The van der Waals surface area contributed by atoms with E-state index >= 15 is 0 Å². The van der Waals surface area contributed by atoms with E-state index in [0.717, 1.165) is 38.5 Å². The first-order chi connectivity index (χ1) is 40.0. The Morgan fingerprint density at radius 3 is 1.00 bits per heavy atom. The van der Waals surface area contributed by atoms with E-state index in [1.165, 1.54) is 315 Å². The van der Waals surface area contributed by atoms with Crippen molar-refractivity contribution >= 4 is 13.7 Å². The van der Waals surface area contributed by atoms with Crippen molar-refractivity contribution in [3.8, 4) is 0 Å². The second kappa shape index (κ2) is 64.2. The molecule has 3 unspecified atom stereocenters. The van der Waals surface area contributed by atoms with Crippen molar-refractivity contribution in [2.75, 3.05) is 40.9 Å². The van der Waals surface area contributed by atoms with Gasteiger partial charge >= 0.3 is 7.82 Å². The SMILES string of the molecule is CCCCCCC/C=C\C/C=C\CCCCCCCCCCCCCCCCCCCCCC(=O)NC(COP(=O)(O)OCC[N+](C)(C)C)C(O)/C=C/CCCCCCCCCCCCCCCCCCCCCCCCCCCCC. The van der Waals surface area contributed by atoms with Gasteiger partial charge in [-0.15, -0.1) is 0 Å². The van der Waals surface area contributed by atoms with E-state index in [-0.39, 0.29) is 19.1 Å². The van der Waals surface area contributed by atoms with Gasteiger partial charge in [0.1, 0.15) is 13.2 Å². The second-order valence-electron chi connectivity index (χ2n) is 26.3. The summed E-state index contributed by atoms with van der Waals surface area (Å²) in [5.74, 6) is -0.169. The van der Waals surface area contributed by atoms with Gasteiger partial charge < -0.3 is 19.8 Å². The van der Waals surface area contributed by atoms with Crippen LogP contribution in [0, 0.1) is 0 Å². The molecule has 0 bridgehead atoms. The maximum absolute atomic E-state index is 13.1. The molecule has 0 aromatic carbocycles. The zero-order valence-electron chi connectivity index (χ0n) is 55.8. The van der Waals surface area contributed by atoms with Crippen molar-refractivity contribution in [3.05, 3.63) is 36.5 Å². The molecular formula is C73H144N2O6P+. The third kappa shape index (κ3) is 66.2. The van der Waals surface area contributed by atoms with Crippen LogP contribution in [0.1, 0.15) is 373 Å². The molecule has 0 aliphatic carbocycles. The minimum absolute atomic E-state index is 0.0636. The lowest BCUT2D eigenvalue weighted by Crippen LogP contribution is -2.45. The Kier molecular flexibility index (Phi) is 63.2. The normalized spacial score (nSPS) is 13.8. The Morgan fingerprint density at radius 1 is 0.415 bits per heavy atom. The van der Waals surface area contributed by atoms with Crippen LogP contribution in [0.15, 0.2) is 36.5 Å². The van der Waals surface area contributed by atoms with Gasteiger partial charge in [0.25, 0.3) is 0 Å². The summed E-state index contributed by atoms with van der Waals surface area (Å²) >= 11 is 0. The highest BCUT2D eigenvalue weighted by Crippen LogP contribution is 2.43. The number of hydrogen-bond donors (Lipinski definition) is 3. The predicted molar refractivity (Wildman–Crippen MR) is 360 cm³/mol. The maximum Gasteiger partial charge on any atom is 0.472 e. The number of allylic oxidation sites excluding steroid dienone is 5. The van der Waals surface area contributed by atoms with Crippen LogP contribution in [-0.2, 0) is 18.4 Å². The fourth-order valence-corrected chi connectivity index (χ4v) is 11.9. The van der Waals surface area contributed by atoms with Crippen LogP contribution in [-0.4, -0.2) is 73.4 Å². The number of carbonyl (C=O) groups excluding carboxylic acids is 1. The fraction of sp³-hybridized carbons (Fsp3) is 0.904. The number of carbonyl (C=O) groups is 1. The molecule has 82 heavy (non-hydrogen) atoms. The number of nitrogens with one attached hydrogen (secondary N) is 1. The molecular weight excluding hydrogens is 1030 g/mol. The van der Waals surface area contributed by atoms with Crippen LogP contribution in [0.2, 0.25) is 0 Å². The van der Waals surface area contributed by atoms with E-state index in [1.54, 1.807) is 6.08 Å². The summed E-state index contributed by atoms with van der Waals surface area (Å²) in [4.78, 5) is 23.4. The highest BCUT2D eigenvalue weighted by Gasteiger charge is 2.28. The molecule has 486 valence electrons. The number of unbranched alkanes of at least 4 members (excludes halogenated alkanes) is 51. The molecule has 0 aromatic heterocycles. The van der Waals surface area contributed by atoms with E-state index < -0.39 is 20.0 Å². The summed E-state index contributed by atoms with van der Waals surface area (Å²) in [6, 6.07) is -0.847. The van der Waals surface area contributed by atoms with Gasteiger partial charge in [-0.2, -0.15) is 0 Å². The molecule has 1 amide bonds. The molecule has 0 spiro atoms. The average molecular weight is 1180 g/mol. The number of aliphatic hydroxyl groups excluding tert-OH is 1. The molecule has 0 fully saturated rings. The molecule has 0 rings (SSSR count). The molecule has 3 N–H and O–H groups in total. The number of aliphatic hydroxyl groups is 1. The smallest absolute Gasteiger partial charge is 0.387 e. The van der Waals surface area contributed by atoms with Crippen molar-refractivity contribution in [2.45, 2.75) is 386 Å². The van der Waals surface area contributed by atoms with Crippen molar-refractivity contribution in [1.82, 2.24) is 5.32 Å². The van der Waals surface area contributed by atoms with E-state index in [2.05, 4.69) is 43.5 Å². The molecule has 9 heteroatoms. The topological polar surface area (TPSA) is 105 Å². The van der Waals surface area contributed by atoms with Crippen molar-refractivity contribution in [1.29, 1.82) is 0 Å². The monoisotopic (exact) mass is 1180 g/mol. The number of quaternary nitrogens is 1. The van der Waals surface area contributed by atoms with Crippen LogP contribution >= 0.6 is 7.82 Å². The van der Waals surface area contributed by atoms with E-state index in [9.17, 15) is 19.4 Å². The van der Waals surface area contributed by atoms with Crippen LogP contribution < -0.4 is 5.32 Å². The molecule has 0 radical (unpaired) electrons. The quantitative estimate of drug-likeness (QED) is 0.0243. The first kappa shape index (κ1) is 80.7. The van der Waals surface area contributed by atoms with E-state index in [0.29, 0.717) is 17.4 Å². The summed E-state index contributed by atoms with van der Waals surface area (Å²) in [5, 5.41) is 14.0. The number of rotatable bonds is 68. The van der Waals surface area contributed by atoms with Gasteiger partial charge in [0.15, 0.2) is 0 Å². The first-order valence-corrected chi connectivity index (χ1v) is 37.9. The number of nitrogens with zero attached hydrogens (tertiary/aromatic N) is 1. The van der Waals surface area contributed by atoms with E-state index in [4.69, 9.17) is 9.05 Å². The molecule has 8 nitrogen and oxygen atoms in total. The second-order valence-corrected chi connectivity index (χ2v) is 27.8. The van der Waals surface area contributed by atoms with Gasteiger partial charge in [-0.3, -0.25) is 13.8 Å². The highest BCUT2D eigenvalue weighted by atomic mass is 31.2. The Hall–Kier alpha value is -1.28. The number of amides is 1.